The van der Waals surface area contributed by atoms with Crippen LogP contribution in [0, 0.1) is 0 Å². The van der Waals surface area contributed by atoms with Gasteiger partial charge in [0.05, 0.1) is 23.7 Å². The normalized spacial score (nSPS) is 23.4. The number of carboxylic acids is 1. The van der Waals surface area contributed by atoms with Crippen LogP contribution in [0.15, 0.2) is 23.1 Å². The number of carboxylic acid groups (broad SMARTS) is 1. The maximum Gasteiger partial charge on any atom is 0.335 e. The molecule has 0 aromatic heterocycles. The lowest BCUT2D eigenvalue weighted by Crippen LogP contribution is -2.35. The quantitative estimate of drug-likeness (QED) is 0.859. The highest BCUT2D eigenvalue weighted by Gasteiger charge is 2.43. The maximum absolute atomic E-state index is 13.9. The van der Waals surface area contributed by atoms with Crippen molar-refractivity contribution in [3.63, 3.8) is 0 Å². The summed E-state index contributed by atoms with van der Waals surface area (Å²) in [6.07, 6.45) is -0.104. The first kappa shape index (κ1) is 16.2. The number of aromatic carboxylic acids is 1. The monoisotopic (exact) mass is 337 g/mol. The highest BCUT2D eigenvalue weighted by Crippen LogP contribution is 2.32. The molecule has 9 heteroatoms. The molecule has 0 bridgehead atoms. The molecular weight excluding hydrogens is 325 g/mol. The van der Waals surface area contributed by atoms with E-state index in [2.05, 4.69) is 0 Å². The minimum absolute atomic E-state index is 0.0730. The van der Waals surface area contributed by atoms with E-state index < -0.39 is 34.8 Å². The fourth-order valence-electron chi connectivity index (χ4n) is 2.12. The van der Waals surface area contributed by atoms with Crippen LogP contribution < -0.4 is 0 Å². The highest BCUT2D eigenvalue weighted by molar-refractivity contribution is 7.89. The van der Waals surface area contributed by atoms with Crippen molar-refractivity contribution in [2.24, 2.45) is 0 Å². The maximum atomic E-state index is 13.9. The lowest BCUT2D eigenvalue weighted by Gasteiger charge is -2.19. The number of aliphatic hydroxyl groups excluding tert-OH is 1. The van der Waals surface area contributed by atoms with Crippen LogP contribution in [0.1, 0.15) is 16.8 Å². The van der Waals surface area contributed by atoms with Crippen molar-refractivity contribution in [3.05, 3.63) is 28.8 Å². The van der Waals surface area contributed by atoms with Gasteiger partial charge in [0.1, 0.15) is 10.6 Å². The molecule has 0 saturated carbocycles. The Kier molecular flexibility index (Phi) is 4.25. The summed E-state index contributed by atoms with van der Waals surface area (Å²) in [6.45, 7) is -1.29. The van der Waals surface area contributed by atoms with Gasteiger partial charge in [0, 0.05) is 6.54 Å². The zero-order valence-electron chi connectivity index (χ0n) is 10.8. The van der Waals surface area contributed by atoms with E-state index in [1.807, 2.05) is 0 Å². The minimum Gasteiger partial charge on any atom is -0.478 e. The molecule has 2 N–H and O–H groups in total. The number of hydrogen-bond donors (Lipinski definition) is 2. The number of nitrogens with zero attached hydrogens (tertiary/aromatic N) is 1. The number of rotatable bonds is 4. The van der Waals surface area contributed by atoms with E-state index in [1.54, 1.807) is 0 Å². The smallest absolute Gasteiger partial charge is 0.335 e. The minimum atomic E-state index is -4.04. The lowest BCUT2D eigenvalue weighted by atomic mass is 10.1. The Morgan fingerprint density at radius 2 is 2.14 bits per heavy atom. The number of carbonyl (C=O) groups is 1. The third-order valence-corrected chi connectivity index (χ3v) is 5.68. The summed E-state index contributed by atoms with van der Waals surface area (Å²) < 4.78 is 39.6. The fraction of sp³-hybridized carbons (Fsp3) is 0.417. The second-order valence-corrected chi connectivity index (χ2v) is 7.16. The summed E-state index contributed by atoms with van der Waals surface area (Å²) >= 11 is 5.83. The molecule has 0 aliphatic carbocycles. The zero-order valence-corrected chi connectivity index (χ0v) is 12.4. The van der Waals surface area contributed by atoms with Crippen LogP contribution in [0.3, 0.4) is 0 Å². The topological polar surface area (TPSA) is 94.9 Å². The molecule has 0 radical (unpaired) electrons. The molecule has 1 fully saturated rings. The first-order valence-corrected chi connectivity index (χ1v) is 7.84. The van der Waals surface area contributed by atoms with Gasteiger partial charge in [-0.2, -0.15) is 4.31 Å². The largest absolute Gasteiger partial charge is 0.478 e. The van der Waals surface area contributed by atoms with Crippen molar-refractivity contribution < 1.29 is 27.8 Å². The summed E-state index contributed by atoms with van der Waals surface area (Å²) in [5, 5.41) is 17.5. The van der Waals surface area contributed by atoms with Gasteiger partial charge >= 0.3 is 5.97 Å². The Labute approximate surface area is 125 Å². The molecule has 1 aliphatic heterocycles. The molecular formula is C12H13ClFNO5S. The van der Waals surface area contributed by atoms with Gasteiger partial charge in [0.2, 0.25) is 10.0 Å². The second-order valence-electron chi connectivity index (χ2n) is 4.85. The third kappa shape index (κ3) is 3.03. The van der Waals surface area contributed by atoms with Gasteiger partial charge in [0.25, 0.3) is 0 Å². The Hall–Kier alpha value is -1.22. The summed E-state index contributed by atoms with van der Waals surface area (Å²) in [4.78, 5) is 10.5. The van der Waals surface area contributed by atoms with E-state index in [1.165, 1.54) is 0 Å². The number of aliphatic hydroxyl groups is 1. The number of sulfonamides is 1. The average molecular weight is 338 g/mol. The molecule has 1 unspecified atom stereocenters. The number of alkyl halides is 1. The van der Waals surface area contributed by atoms with E-state index in [-0.39, 0.29) is 28.4 Å². The predicted molar refractivity (Wildman–Crippen MR) is 72.7 cm³/mol. The van der Waals surface area contributed by atoms with Gasteiger partial charge in [-0.15, -0.1) is 0 Å². The molecule has 6 nitrogen and oxygen atoms in total. The van der Waals surface area contributed by atoms with E-state index >= 15 is 0 Å². The summed E-state index contributed by atoms with van der Waals surface area (Å²) in [5.74, 6) is -1.23. The van der Waals surface area contributed by atoms with Crippen molar-refractivity contribution >= 4 is 27.6 Å². The predicted octanol–water partition coefficient (Wildman–Crippen LogP) is 1.13. The Balaban J connectivity index is 2.35. The molecule has 21 heavy (non-hydrogen) atoms. The van der Waals surface area contributed by atoms with Crippen LogP contribution in [-0.4, -0.2) is 54.3 Å². The molecule has 1 aliphatic rings. The molecule has 1 heterocycles. The van der Waals surface area contributed by atoms with E-state index in [9.17, 15) is 17.6 Å². The molecule has 1 aromatic carbocycles. The van der Waals surface area contributed by atoms with Crippen LogP contribution in [0.4, 0.5) is 4.39 Å². The van der Waals surface area contributed by atoms with Crippen LogP contribution in [0.25, 0.3) is 0 Å². The van der Waals surface area contributed by atoms with Crippen LogP contribution in [-0.2, 0) is 10.0 Å². The molecule has 0 amide bonds. The van der Waals surface area contributed by atoms with Gasteiger partial charge in [0.15, 0.2) is 0 Å². The van der Waals surface area contributed by atoms with Crippen molar-refractivity contribution in [1.82, 2.24) is 4.31 Å². The van der Waals surface area contributed by atoms with Gasteiger partial charge in [-0.1, -0.05) is 11.6 Å². The van der Waals surface area contributed by atoms with Gasteiger partial charge in [-0.05, 0) is 24.6 Å². The fourth-order valence-corrected chi connectivity index (χ4v) is 4.15. The number of halogens is 2. The van der Waals surface area contributed by atoms with E-state index in [0.29, 0.717) is 0 Å². The first-order chi connectivity index (χ1) is 9.69. The Morgan fingerprint density at radius 1 is 1.48 bits per heavy atom. The molecule has 1 aromatic rings. The molecule has 116 valence electrons. The Bertz CT molecular complexity index is 680. The molecule has 0 spiro atoms. The highest BCUT2D eigenvalue weighted by atomic mass is 35.5. The number of hydrogen-bond acceptors (Lipinski definition) is 4. The standard InChI is InChI=1S/C12H13ClFNO5S/c13-9-5-8(11(17)18)1-2-10(9)21(19,20)15-4-3-12(14,6-15)7-16/h1-2,5,16H,3-4,6-7H2,(H,17,18). The van der Waals surface area contributed by atoms with Crippen molar-refractivity contribution in [3.8, 4) is 0 Å². The number of benzene rings is 1. The summed E-state index contributed by atoms with van der Waals surface area (Å²) in [6, 6.07) is 3.23. The van der Waals surface area contributed by atoms with Crippen molar-refractivity contribution in [1.29, 1.82) is 0 Å². The van der Waals surface area contributed by atoms with E-state index in [4.69, 9.17) is 21.8 Å². The van der Waals surface area contributed by atoms with Crippen molar-refractivity contribution in [2.75, 3.05) is 19.7 Å². The Morgan fingerprint density at radius 3 is 2.62 bits per heavy atom. The van der Waals surface area contributed by atoms with Crippen LogP contribution in [0.5, 0.6) is 0 Å². The molecule has 1 saturated heterocycles. The van der Waals surface area contributed by atoms with Gasteiger partial charge < -0.3 is 10.2 Å². The van der Waals surface area contributed by atoms with Crippen LogP contribution in [0.2, 0.25) is 5.02 Å². The summed E-state index contributed by atoms with van der Waals surface area (Å²) in [7, 11) is -4.04. The van der Waals surface area contributed by atoms with Gasteiger partial charge in [-0.3, -0.25) is 0 Å². The van der Waals surface area contributed by atoms with E-state index in [0.717, 1.165) is 22.5 Å². The second kappa shape index (κ2) is 5.53. The molecule has 1 atom stereocenters. The molecule has 2 rings (SSSR count). The average Bonchev–Trinajstić information content (AvgIpc) is 2.82. The van der Waals surface area contributed by atoms with Crippen molar-refractivity contribution in [2.45, 2.75) is 17.0 Å². The SMILES string of the molecule is O=C(O)c1ccc(S(=O)(=O)N2CCC(F)(CO)C2)c(Cl)c1. The van der Waals surface area contributed by atoms with Gasteiger partial charge in [-0.25, -0.2) is 17.6 Å². The van der Waals surface area contributed by atoms with Crippen LogP contribution >= 0.6 is 11.6 Å². The first-order valence-electron chi connectivity index (χ1n) is 6.02. The third-order valence-electron chi connectivity index (χ3n) is 3.35. The zero-order chi connectivity index (χ0) is 15.8. The summed E-state index contributed by atoms with van der Waals surface area (Å²) in [5.41, 5.74) is -2.10. The lowest BCUT2D eigenvalue weighted by molar-refractivity contribution is 0.0696.